The number of piperidine rings is 1. The Labute approximate surface area is 122 Å². The molecule has 0 aromatic heterocycles. The largest absolute Gasteiger partial charge is 0.478 e. The molecule has 2 rings (SSSR count). The summed E-state index contributed by atoms with van der Waals surface area (Å²) in [6.07, 6.45) is 2.29. The van der Waals surface area contributed by atoms with Crippen LogP contribution in [-0.2, 0) is 0 Å². The van der Waals surface area contributed by atoms with Gasteiger partial charge in [0.05, 0.1) is 11.3 Å². The molecule has 0 spiro atoms. The summed E-state index contributed by atoms with van der Waals surface area (Å²) in [5.41, 5.74) is 1.23. The van der Waals surface area contributed by atoms with E-state index in [0.29, 0.717) is 11.5 Å². The van der Waals surface area contributed by atoms with Crippen molar-refractivity contribution in [3.8, 4) is 0 Å². The second kappa shape index (κ2) is 5.95. The molecule has 3 nitrogen and oxygen atoms in total. The Morgan fingerprint density at radius 1 is 1.37 bits per heavy atom. The van der Waals surface area contributed by atoms with Crippen LogP contribution in [0.25, 0.3) is 0 Å². The Hall–Kier alpha value is -1.03. The Kier molecular flexibility index (Phi) is 4.50. The lowest BCUT2D eigenvalue weighted by Crippen LogP contribution is -2.36. The number of anilines is 1. The lowest BCUT2D eigenvalue weighted by Gasteiger charge is -2.36. The normalized spacial score (nSPS) is 16.9. The molecule has 0 bridgehead atoms. The van der Waals surface area contributed by atoms with Gasteiger partial charge in [0.25, 0.3) is 0 Å². The summed E-state index contributed by atoms with van der Waals surface area (Å²) in [5, 5.41) is 9.31. The number of carboxylic acid groups (broad SMARTS) is 1. The topological polar surface area (TPSA) is 40.5 Å². The molecule has 0 unspecified atom stereocenters. The Bertz CT molecular complexity index is 465. The van der Waals surface area contributed by atoms with E-state index >= 15 is 0 Å². The molecule has 0 amide bonds. The van der Waals surface area contributed by atoms with Crippen molar-refractivity contribution in [2.24, 2.45) is 11.8 Å². The predicted octanol–water partition coefficient (Wildman–Crippen LogP) is 4.02. The number of hydrogen-bond donors (Lipinski definition) is 1. The third-order valence-electron chi connectivity index (χ3n) is 4.01. The molecule has 1 heterocycles. The maximum atomic E-state index is 11.3. The lowest BCUT2D eigenvalue weighted by molar-refractivity contribution is 0.0697. The fourth-order valence-corrected chi connectivity index (χ4v) is 3.12. The van der Waals surface area contributed by atoms with Gasteiger partial charge in [-0.2, -0.15) is 0 Å². The summed E-state index contributed by atoms with van der Waals surface area (Å²) in [5.74, 6) is 0.619. The molecule has 0 atom stereocenters. The quantitative estimate of drug-likeness (QED) is 0.912. The fraction of sp³-hybridized carbons (Fsp3) is 0.533. The number of aromatic carboxylic acids is 1. The van der Waals surface area contributed by atoms with E-state index in [-0.39, 0.29) is 0 Å². The Balaban J connectivity index is 2.17. The molecule has 0 saturated carbocycles. The van der Waals surface area contributed by atoms with Gasteiger partial charge in [0.2, 0.25) is 0 Å². The third kappa shape index (κ3) is 3.30. The molecule has 4 heteroatoms. The van der Waals surface area contributed by atoms with Gasteiger partial charge in [-0.05, 0) is 42.9 Å². The van der Waals surface area contributed by atoms with E-state index < -0.39 is 5.97 Å². The van der Waals surface area contributed by atoms with Crippen LogP contribution in [0.1, 0.15) is 37.0 Å². The van der Waals surface area contributed by atoms with E-state index in [1.54, 1.807) is 6.07 Å². The summed E-state index contributed by atoms with van der Waals surface area (Å²) in [6, 6.07) is 5.51. The van der Waals surface area contributed by atoms with Gasteiger partial charge in [0.15, 0.2) is 0 Å². The number of halogens is 1. The van der Waals surface area contributed by atoms with Gasteiger partial charge in [0.1, 0.15) is 0 Å². The van der Waals surface area contributed by atoms with Crippen LogP contribution in [0.4, 0.5) is 5.69 Å². The van der Waals surface area contributed by atoms with Crippen molar-refractivity contribution in [1.82, 2.24) is 0 Å². The predicted molar refractivity (Wildman–Crippen MR) is 80.9 cm³/mol. The first-order chi connectivity index (χ1) is 8.99. The van der Waals surface area contributed by atoms with Gasteiger partial charge < -0.3 is 10.0 Å². The number of hydrogen-bond acceptors (Lipinski definition) is 2. The summed E-state index contributed by atoms with van der Waals surface area (Å²) >= 11 is 3.34. The minimum Gasteiger partial charge on any atom is -0.478 e. The first-order valence-corrected chi connectivity index (χ1v) is 7.56. The highest BCUT2D eigenvalue weighted by Gasteiger charge is 2.24. The second-order valence-electron chi connectivity index (χ2n) is 5.54. The van der Waals surface area contributed by atoms with Gasteiger partial charge >= 0.3 is 5.97 Å². The minimum atomic E-state index is -0.859. The van der Waals surface area contributed by atoms with Gasteiger partial charge in [-0.1, -0.05) is 29.8 Å². The minimum absolute atomic E-state index is 0.386. The number of carboxylic acids is 1. The van der Waals surface area contributed by atoms with Gasteiger partial charge in [-0.25, -0.2) is 4.79 Å². The number of rotatable bonds is 3. The first kappa shape index (κ1) is 14.4. The highest BCUT2D eigenvalue weighted by atomic mass is 79.9. The molecule has 0 radical (unpaired) electrons. The molecule has 1 aromatic carbocycles. The van der Waals surface area contributed by atoms with Crippen LogP contribution in [0.2, 0.25) is 0 Å². The van der Waals surface area contributed by atoms with Gasteiger partial charge in [-0.15, -0.1) is 0 Å². The molecule has 1 aromatic rings. The molecule has 1 aliphatic heterocycles. The Morgan fingerprint density at radius 3 is 2.53 bits per heavy atom. The van der Waals surface area contributed by atoms with Crippen molar-refractivity contribution < 1.29 is 9.90 Å². The number of carbonyl (C=O) groups is 1. The Morgan fingerprint density at radius 2 is 2.00 bits per heavy atom. The molecule has 1 fully saturated rings. The average Bonchev–Trinajstić information content (AvgIpc) is 2.38. The maximum Gasteiger partial charge on any atom is 0.337 e. The van der Waals surface area contributed by atoms with Gasteiger partial charge in [-0.3, -0.25) is 0 Å². The van der Waals surface area contributed by atoms with Gasteiger partial charge in [0, 0.05) is 17.6 Å². The second-order valence-corrected chi connectivity index (χ2v) is 6.45. The maximum absolute atomic E-state index is 11.3. The fourth-order valence-electron chi connectivity index (χ4n) is 2.76. The summed E-state index contributed by atoms with van der Waals surface area (Å²) < 4.78 is 0.811. The summed E-state index contributed by atoms with van der Waals surface area (Å²) in [6.45, 7) is 6.43. The van der Waals surface area contributed by atoms with E-state index in [2.05, 4.69) is 34.7 Å². The molecular weight excluding hydrogens is 306 g/mol. The van der Waals surface area contributed by atoms with Crippen molar-refractivity contribution in [3.05, 3.63) is 28.2 Å². The zero-order valence-corrected chi connectivity index (χ0v) is 13.0. The van der Waals surface area contributed by atoms with Crippen LogP contribution in [0.3, 0.4) is 0 Å². The zero-order valence-electron chi connectivity index (χ0n) is 11.4. The van der Waals surface area contributed by atoms with Crippen molar-refractivity contribution in [1.29, 1.82) is 0 Å². The highest BCUT2D eigenvalue weighted by molar-refractivity contribution is 9.10. The molecule has 19 heavy (non-hydrogen) atoms. The molecule has 104 valence electrons. The molecule has 1 N–H and O–H groups in total. The van der Waals surface area contributed by atoms with Crippen LogP contribution in [-0.4, -0.2) is 24.2 Å². The molecular formula is C15H20BrNO2. The SMILES string of the molecule is CC(C)C1CCN(c2ccc(Br)cc2C(=O)O)CC1. The molecule has 0 aliphatic carbocycles. The lowest BCUT2D eigenvalue weighted by atomic mass is 9.86. The highest BCUT2D eigenvalue weighted by Crippen LogP contribution is 2.31. The van der Waals surface area contributed by atoms with Crippen LogP contribution >= 0.6 is 15.9 Å². The van der Waals surface area contributed by atoms with Crippen LogP contribution < -0.4 is 4.90 Å². The van der Waals surface area contributed by atoms with E-state index in [4.69, 9.17) is 0 Å². The first-order valence-electron chi connectivity index (χ1n) is 6.77. The van der Waals surface area contributed by atoms with Crippen LogP contribution in [0.15, 0.2) is 22.7 Å². The van der Waals surface area contributed by atoms with Crippen LogP contribution in [0.5, 0.6) is 0 Å². The molecule has 1 aliphatic rings. The number of nitrogens with zero attached hydrogens (tertiary/aromatic N) is 1. The van der Waals surface area contributed by atoms with E-state index in [1.165, 1.54) is 0 Å². The van der Waals surface area contributed by atoms with Crippen molar-refractivity contribution in [2.45, 2.75) is 26.7 Å². The van der Waals surface area contributed by atoms with E-state index in [9.17, 15) is 9.90 Å². The zero-order chi connectivity index (χ0) is 14.0. The summed E-state index contributed by atoms with van der Waals surface area (Å²) in [4.78, 5) is 13.5. The standard InChI is InChI=1S/C15H20BrNO2/c1-10(2)11-5-7-17(8-6-11)14-4-3-12(16)9-13(14)15(18)19/h3-4,9-11H,5-8H2,1-2H3,(H,18,19). The van der Waals surface area contributed by atoms with Crippen molar-refractivity contribution >= 4 is 27.6 Å². The third-order valence-corrected chi connectivity index (χ3v) is 4.51. The van der Waals surface area contributed by atoms with E-state index in [0.717, 1.165) is 42.0 Å². The molecule has 1 saturated heterocycles. The summed E-state index contributed by atoms with van der Waals surface area (Å²) in [7, 11) is 0. The number of benzene rings is 1. The van der Waals surface area contributed by atoms with Crippen molar-refractivity contribution in [3.63, 3.8) is 0 Å². The monoisotopic (exact) mass is 325 g/mol. The average molecular weight is 326 g/mol. The van der Waals surface area contributed by atoms with Crippen molar-refractivity contribution in [2.75, 3.05) is 18.0 Å². The van der Waals surface area contributed by atoms with E-state index in [1.807, 2.05) is 12.1 Å². The van der Waals surface area contributed by atoms with Crippen LogP contribution in [0, 0.1) is 11.8 Å². The smallest absolute Gasteiger partial charge is 0.337 e.